The zero-order valence-corrected chi connectivity index (χ0v) is 14.3. The molecule has 0 bridgehead atoms. The molecule has 1 aromatic carbocycles. The third kappa shape index (κ3) is 5.80. The van der Waals surface area contributed by atoms with Gasteiger partial charge in [-0.25, -0.2) is 13.1 Å². The summed E-state index contributed by atoms with van der Waals surface area (Å²) in [6.07, 6.45) is 4.94. The van der Waals surface area contributed by atoms with Crippen LogP contribution in [0, 0.1) is 0 Å². The van der Waals surface area contributed by atoms with Crippen LogP contribution in [0.1, 0.15) is 38.2 Å². The lowest BCUT2D eigenvalue weighted by atomic mass is 10.0. The first kappa shape index (κ1) is 17.7. The molecule has 1 unspecified atom stereocenters. The number of nitrogens with zero attached hydrogens (tertiary/aromatic N) is 1. The predicted octanol–water partition coefficient (Wildman–Crippen LogP) is 2.37. The van der Waals surface area contributed by atoms with Crippen LogP contribution in [0.3, 0.4) is 0 Å². The van der Waals surface area contributed by atoms with Crippen molar-refractivity contribution in [1.29, 1.82) is 0 Å². The number of benzene rings is 1. The van der Waals surface area contributed by atoms with Gasteiger partial charge in [0.25, 0.3) is 0 Å². The highest BCUT2D eigenvalue weighted by Gasteiger charge is 2.22. The van der Waals surface area contributed by atoms with Gasteiger partial charge in [-0.2, -0.15) is 0 Å². The number of carbonyl (C=O) groups excluding carboxylic acids is 1. The molecule has 1 saturated heterocycles. The molecule has 0 aromatic heterocycles. The molecule has 1 heterocycles. The minimum atomic E-state index is -3.52. The predicted molar refractivity (Wildman–Crippen MR) is 92.0 cm³/mol. The molecule has 1 N–H and O–H groups in total. The van der Waals surface area contributed by atoms with Crippen molar-refractivity contribution in [2.24, 2.45) is 0 Å². The molecule has 0 saturated carbocycles. The Kier molecular flexibility index (Phi) is 6.36. The number of likely N-dealkylation sites (tertiary alicyclic amines) is 1. The van der Waals surface area contributed by atoms with E-state index in [1.807, 2.05) is 42.2 Å². The second-order valence-corrected chi connectivity index (χ2v) is 7.49. The molecule has 0 spiro atoms. The fourth-order valence-electron chi connectivity index (χ4n) is 2.69. The fraction of sp³-hybridized carbons (Fsp3) is 0.471. The maximum Gasteiger partial charge on any atom is 0.233 e. The lowest BCUT2D eigenvalue weighted by molar-refractivity contribution is -0.134. The van der Waals surface area contributed by atoms with Crippen LogP contribution in [-0.2, 0) is 14.8 Å². The molecule has 1 aromatic rings. The Balaban J connectivity index is 1.80. The van der Waals surface area contributed by atoms with E-state index in [9.17, 15) is 13.2 Å². The highest BCUT2D eigenvalue weighted by atomic mass is 32.2. The Hall–Kier alpha value is -1.66. The van der Waals surface area contributed by atoms with Crippen LogP contribution in [0.4, 0.5) is 0 Å². The highest BCUT2D eigenvalue weighted by Crippen LogP contribution is 2.17. The van der Waals surface area contributed by atoms with Gasteiger partial charge in [0.05, 0.1) is 0 Å². The van der Waals surface area contributed by atoms with Crippen molar-refractivity contribution in [3.8, 4) is 0 Å². The summed E-state index contributed by atoms with van der Waals surface area (Å²) in [5.41, 5.74) is 0.816. The van der Waals surface area contributed by atoms with Gasteiger partial charge < -0.3 is 4.90 Å². The van der Waals surface area contributed by atoms with E-state index in [0.29, 0.717) is 0 Å². The van der Waals surface area contributed by atoms with Crippen LogP contribution in [0.2, 0.25) is 0 Å². The van der Waals surface area contributed by atoms with Gasteiger partial charge in [-0.1, -0.05) is 30.3 Å². The van der Waals surface area contributed by atoms with Crippen molar-refractivity contribution in [1.82, 2.24) is 9.62 Å². The van der Waals surface area contributed by atoms with E-state index in [0.717, 1.165) is 36.8 Å². The highest BCUT2D eigenvalue weighted by molar-refractivity contribution is 7.92. The monoisotopic (exact) mass is 336 g/mol. The zero-order valence-electron chi connectivity index (χ0n) is 13.4. The number of rotatable bonds is 6. The van der Waals surface area contributed by atoms with Gasteiger partial charge in [0, 0.05) is 31.0 Å². The second kappa shape index (κ2) is 8.26. The third-order valence-electron chi connectivity index (χ3n) is 4.00. The van der Waals surface area contributed by atoms with Crippen LogP contribution in [0.5, 0.6) is 0 Å². The largest absolute Gasteiger partial charge is 0.340 e. The number of amides is 1. The quantitative estimate of drug-likeness (QED) is 0.867. The Labute approximate surface area is 138 Å². The van der Waals surface area contributed by atoms with E-state index in [2.05, 4.69) is 4.72 Å². The first-order chi connectivity index (χ1) is 11.0. The molecule has 5 nitrogen and oxygen atoms in total. The summed E-state index contributed by atoms with van der Waals surface area (Å²) >= 11 is 0. The average Bonchev–Trinajstić information content (AvgIpc) is 2.54. The molecule has 0 aliphatic carbocycles. The van der Waals surface area contributed by atoms with Gasteiger partial charge in [-0.15, -0.1) is 0 Å². The summed E-state index contributed by atoms with van der Waals surface area (Å²) < 4.78 is 26.3. The van der Waals surface area contributed by atoms with Crippen LogP contribution in [-0.4, -0.2) is 38.4 Å². The molecule has 1 atom stereocenters. The summed E-state index contributed by atoms with van der Waals surface area (Å²) in [6.45, 7) is 2.95. The Morgan fingerprint density at radius 2 is 2.04 bits per heavy atom. The van der Waals surface area contributed by atoms with Crippen molar-refractivity contribution in [3.63, 3.8) is 0 Å². The SMILES string of the molecule is CC1CCCCN1C(=O)CCNS(=O)(=O)/C=C/c1ccccc1. The Morgan fingerprint density at radius 3 is 2.74 bits per heavy atom. The number of carbonyl (C=O) groups is 1. The zero-order chi connectivity index (χ0) is 16.7. The van der Waals surface area contributed by atoms with Gasteiger partial charge >= 0.3 is 0 Å². The minimum Gasteiger partial charge on any atom is -0.340 e. The molecule has 2 rings (SSSR count). The summed E-state index contributed by atoms with van der Waals surface area (Å²) in [6, 6.07) is 9.47. The van der Waals surface area contributed by atoms with E-state index in [4.69, 9.17) is 0 Å². The van der Waals surface area contributed by atoms with Crippen molar-refractivity contribution in [2.75, 3.05) is 13.1 Å². The molecule has 126 valence electrons. The number of hydrogen-bond acceptors (Lipinski definition) is 3. The van der Waals surface area contributed by atoms with Crippen LogP contribution in [0.15, 0.2) is 35.7 Å². The summed E-state index contributed by atoms with van der Waals surface area (Å²) in [5, 5.41) is 1.14. The summed E-state index contributed by atoms with van der Waals surface area (Å²) in [5.74, 6) is 0.0203. The number of piperidine rings is 1. The fourth-order valence-corrected chi connectivity index (χ4v) is 3.51. The number of sulfonamides is 1. The minimum absolute atomic E-state index is 0.0203. The molecule has 6 heteroatoms. The summed E-state index contributed by atoms with van der Waals surface area (Å²) in [4.78, 5) is 14.0. The Morgan fingerprint density at radius 1 is 1.30 bits per heavy atom. The van der Waals surface area contributed by atoms with Gasteiger partial charge in [-0.05, 0) is 37.8 Å². The van der Waals surface area contributed by atoms with Crippen LogP contribution >= 0.6 is 0 Å². The van der Waals surface area contributed by atoms with Gasteiger partial charge in [0.2, 0.25) is 15.9 Å². The van der Waals surface area contributed by atoms with Crippen molar-refractivity contribution in [2.45, 2.75) is 38.6 Å². The molecule has 23 heavy (non-hydrogen) atoms. The van der Waals surface area contributed by atoms with Crippen molar-refractivity contribution < 1.29 is 13.2 Å². The maximum absolute atomic E-state index is 12.1. The molecular weight excluding hydrogens is 312 g/mol. The molecule has 1 amide bonds. The van der Waals surface area contributed by atoms with Crippen molar-refractivity contribution in [3.05, 3.63) is 41.3 Å². The normalized spacial score (nSPS) is 19.2. The molecule has 0 radical (unpaired) electrons. The lowest BCUT2D eigenvalue weighted by Gasteiger charge is -2.33. The van der Waals surface area contributed by atoms with E-state index in [1.165, 1.54) is 6.08 Å². The summed E-state index contributed by atoms with van der Waals surface area (Å²) in [7, 11) is -3.52. The van der Waals surface area contributed by atoms with E-state index < -0.39 is 10.0 Å². The van der Waals surface area contributed by atoms with E-state index >= 15 is 0 Å². The standard InChI is InChI=1S/C17H24N2O3S/c1-15-7-5-6-13-19(15)17(20)10-12-18-23(21,22)14-11-16-8-3-2-4-9-16/h2-4,8-9,11,14-15,18H,5-7,10,12-13H2,1H3/b14-11+. The van der Waals surface area contributed by atoms with Gasteiger partial charge in [-0.3, -0.25) is 4.79 Å². The molecule has 1 aliphatic rings. The van der Waals surface area contributed by atoms with Crippen LogP contribution < -0.4 is 4.72 Å². The van der Waals surface area contributed by atoms with E-state index in [-0.39, 0.29) is 24.9 Å². The Bertz CT molecular complexity index is 641. The first-order valence-corrected chi connectivity index (χ1v) is 9.55. The van der Waals surface area contributed by atoms with Crippen molar-refractivity contribution >= 4 is 22.0 Å². The lowest BCUT2D eigenvalue weighted by Crippen LogP contribution is -2.43. The van der Waals surface area contributed by atoms with Gasteiger partial charge in [0.15, 0.2) is 0 Å². The van der Waals surface area contributed by atoms with E-state index in [1.54, 1.807) is 0 Å². The molecule has 1 fully saturated rings. The second-order valence-electron chi connectivity index (χ2n) is 5.83. The smallest absolute Gasteiger partial charge is 0.233 e. The number of nitrogens with one attached hydrogen (secondary N) is 1. The van der Waals surface area contributed by atoms with Gasteiger partial charge in [0.1, 0.15) is 0 Å². The first-order valence-electron chi connectivity index (χ1n) is 8.00. The third-order valence-corrected chi connectivity index (χ3v) is 5.11. The molecule has 1 aliphatic heterocycles. The topological polar surface area (TPSA) is 66.5 Å². The average molecular weight is 336 g/mol. The molecular formula is C17H24N2O3S. The number of hydrogen-bond donors (Lipinski definition) is 1. The van der Waals surface area contributed by atoms with Crippen LogP contribution in [0.25, 0.3) is 6.08 Å². The maximum atomic E-state index is 12.1.